The second kappa shape index (κ2) is 14.2. The molecule has 0 saturated carbocycles. The lowest BCUT2D eigenvalue weighted by Crippen LogP contribution is -2.42. The summed E-state index contributed by atoms with van der Waals surface area (Å²) in [5, 5.41) is 0. The molecule has 2 heterocycles. The largest absolute Gasteiger partial charge is 0.382 e. The summed E-state index contributed by atoms with van der Waals surface area (Å²) in [6, 6.07) is 0.151. The van der Waals surface area contributed by atoms with Gasteiger partial charge in [-0.1, -0.05) is 6.92 Å². The molecule has 0 aliphatic carbocycles. The summed E-state index contributed by atoms with van der Waals surface area (Å²) in [7, 11) is -0.105. The number of nitrogens with zero attached hydrogens (tertiary/aromatic N) is 3. The van der Waals surface area contributed by atoms with Gasteiger partial charge >= 0.3 is 5.69 Å². The topological polar surface area (TPSA) is 109 Å². The van der Waals surface area contributed by atoms with Crippen LogP contribution in [-0.4, -0.2) is 78.1 Å². The van der Waals surface area contributed by atoms with Gasteiger partial charge in [0.2, 0.25) is 6.54 Å². The minimum Gasteiger partial charge on any atom is -0.382 e. The third kappa shape index (κ3) is 7.67. The van der Waals surface area contributed by atoms with Gasteiger partial charge in [0.05, 0.1) is 19.3 Å². The van der Waals surface area contributed by atoms with E-state index in [9.17, 15) is 9.59 Å². The molecule has 6 atom stereocenters. The minimum absolute atomic E-state index is 0.0753. The SMILES string of the molecule is [2H][C@H](C)[C@H]1O[C@@H](n2cc(C)c(=O)[nH]c2=O)[C@H](OCCOC)[C@@H]1OP(OCC[N+]#[C-])N(C(C)C)C(C)C. The predicted molar refractivity (Wildman–Crippen MR) is 133 cm³/mol. The number of hydrogen-bond donors (Lipinski definition) is 1. The third-order valence-electron chi connectivity index (χ3n) is 5.43. The van der Waals surface area contributed by atoms with Crippen molar-refractivity contribution in [3.63, 3.8) is 0 Å². The Morgan fingerprint density at radius 3 is 2.51 bits per heavy atom. The number of hydrogen-bond acceptors (Lipinski definition) is 8. The highest BCUT2D eigenvalue weighted by Gasteiger charge is 2.49. The first-order valence-corrected chi connectivity index (χ1v) is 12.9. The molecule has 0 amide bonds. The van der Waals surface area contributed by atoms with E-state index in [1.807, 2.05) is 27.7 Å². The zero-order valence-electron chi connectivity index (χ0n) is 22.6. The molecule has 1 aromatic heterocycles. The van der Waals surface area contributed by atoms with Crippen molar-refractivity contribution in [1.82, 2.24) is 14.2 Å². The van der Waals surface area contributed by atoms with Crippen molar-refractivity contribution in [3.8, 4) is 0 Å². The summed E-state index contributed by atoms with van der Waals surface area (Å²) >= 11 is 0. The smallest absolute Gasteiger partial charge is 0.330 e. The highest BCUT2D eigenvalue weighted by molar-refractivity contribution is 7.44. The van der Waals surface area contributed by atoms with Gasteiger partial charge in [-0.05, 0) is 41.0 Å². The maximum Gasteiger partial charge on any atom is 0.330 e. The van der Waals surface area contributed by atoms with E-state index in [1.165, 1.54) is 10.8 Å². The van der Waals surface area contributed by atoms with Gasteiger partial charge < -0.3 is 28.1 Å². The third-order valence-corrected chi connectivity index (χ3v) is 7.56. The maximum absolute atomic E-state index is 12.7. The fourth-order valence-electron chi connectivity index (χ4n) is 3.89. The monoisotopic (exact) mass is 515 g/mol. The quantitative estimate of drug-likeness (QED) is 0.229. The van der Waals surface area contributed by atoms with Gasteiger partial charge in [0.15, 0.2) is 6.23 Å². The van der Waals surface area contributed by atoms with Crippen LogP contribution < -0.4 is 11.2 Å². The van der Waals surface area contributed by atoms with Gasteiger partial charge in [-0.3, -0.25) is 14.3 Å². The van der Waals surface area contributed by atoms with Crippen molar-refractivity contribution in [2.45, 2.75) is 84.6 Å². The first-order chi connectivity index (χ1) is 17.0. The predicted octanol–water partition coefficient (Wildman–Crippen LogP) is 2.85. The van der Waals surface area contributed by atoms with Crippen molar-refractivity contribution in [2.75, 3.05) is 33.5 Å². The summed E-state index contributed by atoms with van der Waals surface area (Å²) in [4.78, 5) is 30.4. The van der Waals surface area contributed by atoms with Crippen molar-refractivity contribution >= 4 is 8.53 Å². The maximum atomic E-state index is 12.7. The molecule has 1 saturated heterocycles. The van der Waals surface area contributed by atoms with Crippen molar-refractivity contribution in [1.29, 1.82) is 0 Å². The normalized spacial score (nSPS) is 24.7. The number of nitrogens with one attached hydrogen (secondary N) is 1. The lowest BCUT2D eigenvalue weighted by Gasteiger charge is -2.38. The fraction of sp³-hybridized carbons (Fsp3) is 0.783. The fourth-order valence-corrected chi connectivity index (χ4v) is 5.63. The van der Waals surface area contributed by atoms with E-state index in [2.05, 4.69) is 14.5 Å². The molecule has 0 spiro atoms. The summed E-state index contributed by atoms with van der Waals surface area (Å²) in [6.07, 6.45) is -2.55. The minimum atomic E-state index is -1.66. The number of aryl methyl sites for hydroxylation is 1. The number of methoxy groups -OCH3 is 1. The van der Waals surface area contributed by atoms with Gasteiger partial charge in [-0.25, -0.2) is 16.0 Å². The lowest BCUT2D eigenvalue weighted by molar-refractivity contribution is -0.0786. The number of H-pyrrole nitrogens is 1. The molecule has 12 heteroatoms. The number of ether oxygens (including phenoxy) is 3. The van der Waals surface area contributed by atoms with Crippen molar-refractivity contribution < 1.29 is 24.6 Å². The molecule has 1 fully saturated rings. The Kier molecular flexibility index (Phi) is 11.3. The van der Waals surface area contributed by atoms with Crippen LogP contribution in [0.4, 0.5) is 0 Å². The van der Waals surface area contributed by atoms with Gasteiger partial charge in [0.1, 0.15) is 18.8 Å². The Labute approximate surface area is 209 Å². The number of aromatic amines is 1. The van der Waals surface area contributed by atoms with Crippen LogP contribution in [0.2, 0.25) is 0 Å². The summed E-state index contributed by atoms with van der Waals surface area (Å²) in [5.41, 5.74) is -0.788. The van der Waals surface area contributed by atoms with Crippen LogP contribution in [0, 0.1) is 13.5 Å². The molecule has 0 bridgehead atoms. The zero-order chi connectivity index (χ0) is 27.0. The highest BCUT2D eigenvalue weighted by atomic mass is 31.2. The van der Waals surface area contributed by atoms with Crippen LogP contribution in [0.3, 0.4) is 0 Å². The highest BCUT2D eigenvalue weighted by Crippen LogP contribution is 2.50. The zero-order valence-corrected chi connectivity index (χ0v) is 22.5. The van der Waals surface area contributed by atoms with E-state index in [1.54, 1.807) is 21.0 Å². The van der Waals surface area contributed by atoms with Gasteiger partial charge in [-0.15, -0.1) is 0 Å². The first-order valence-electron chi connectivity index (χ1n) is 12.3. The molecule has 1 aliphatic rings. The summed E-state index contributed by atoms with van der Waals surface area (Å²) < 4.78 is 42.0. The van der Waals surface area contributed by atoms with E-state index >= 15 is 0 Å². The standard InChI is InChI=1S/C23H39N4O7P/c1-9-18-19(34-35(32-11-10-24-7)27(15(2)3)16(4)5)20(31-13-12-30-8)22(33-18)26-14-17(6)21(28)25-23(26)29/h14-16,18-20,22H,9-13H2,1-6,8H3,(H,25,28,29)/t18-,19-,20-,22-,35?/m1/s1/i9D/t9-,18-,19-,20-,22-,35?. The molecule has 1 aromatic rings. The van der Waals surface area contributed by atoms with Gasteiger partial charge in [0, 0.05) is 32.3 Å². The summed E-state index contributed by atoms with van der Waals surface area (Å²) in [6.45, 7) is 19.4. The van der Waals surface area contributed by atoms with Crippen LogP contribution in [-0.2, 0) is 23.3 Å². The van der Waals surface area contributed by atoms with Gasteiger partial charge in [-0.2, -0.15) is 0 Å². The van der Waals surface area contributed by atoms with E-state index in [4.69, 9.17) is 31.2 Å². The molecule has 11 nitrogen and oxygen atoms in total. The lowest BCUT2D eigenvalue weighted by atomic mass is 10.1. The Morgan fingerprint density at radius 1 is 1.26 bits per heavy atom. The molecule has 198 valence electrons. The van der Waals surface area contributed by atoms with Crippen LogP contribution in [0.5, 0.6) is 0 Å². The summed E-state index contributed by atoms with van der Waals surface area (Å²) in [5.74, 6) is 0. The molecular formula is C23H39N4O7P. The van der Waals surface area contributed by atoms with Crippen LogP contribution >= 0.6 is 8.53 Å². The van der Waals surface area contributed by atoms with E-state index in [-0.39, 0.29) is 31.8 Å². The molecule has 1 aliphatic heterocycles. The molecule has 0 aromatic carbocycles. The first kappa shape index (κ1) is 27.9. The van der Waals surface area contributed by atoms with E-state index in [0.717, 1.165) is 0 Å². The van der Waals surface area contributed by atoms with E-state index in [0.29, 0.717) is 12.2 Å². The second-order valence-corrected chi connectivity index (χ2v) is 10.1. The average Bonchev–Trinajstić information content (AvgIpc) is 3.14. The van der Waals surface area contributed by atoms with Crippen LogP contribution in [0.25, 0.3) is 4.85 Å². The molecule has 1 N–H and O–H groups in total. The van der Waals surface area contributed by atoms with Crippen molar-refractivity contribution in [3.05, 3.63) is 44.0 Å². The molecule has 1 unspecified atom stereocenters. The molecule has 0 radical (unpaired) electrons. The molecule has 2 rings (SSSR count). The Hall–Kier alpha value is -1.64. The van der Waals surface area contributed by atoms with Crippen molar-refractivity contribution in [2.24, 2.45) is 0 Å². The Balaban J connectivity index is 2.51. The van der Waals surface area contributed by atoms with Gasteiger partial charge in [0.25, 0.3) is 14.1 Å². The van der Waals surface area contributed by atoms with Crippen LogP contribution in [0.1, 0.15) is 54.2 Å². The number of aromatic nitrogens is 2. The Morgan fingerprint density at radius 2 is 1.94 bits per heavy atom. The van der Waals surface area contributed by atoms with E-state index < -0.39 is 50.7 Å². The van der Waals surface area contributed by atoms with Crippen LogP contribution in [0.15, 0.2) is 15.8 Å². The Bertz CT molecular complexity index is 972. The average molecular weight is 516 g/mol. The molecule has 35 heavy (non-hydrogen) atoms. The second-order valence-electron chi connectivity index (χ2n) is 8.72. The molecular weight excluding hydrogens is 475 g/mol. The number of rotatable bonds is 14.